The van der Waals surface area contributed by atoms with Crippen molar-refractivity contribution in [3.8, 4) is 0 Å². The maximum atomic E-state index is 4.23. The smallest absolute Gasteiger partial charge is 0.0300 e. The number of nitrogens with zero attached hydrogens (tertiary/aromatic N) is 1. The van der Waals surface area contributed by atoms with Crippen LogP contribution in [0.5, 0.6) is 0 Å². The van der Waals surface area contributed by atoms with Gasteiger partial charge >= 0.3 is 0 Å². The van der Waals surface area contributed by atoms with E-state index in [1.807, 2.05) is 18.5 Å². The van der Waals surface area contributed by atoms with Crippen molar-refractivity contribution in [2.24, 2.45) is 0 Å². The molecule has 1 N–H and O–H groups in total. The highest BCUT2D eigenvalue weighted by atomic mass is 32.2. The Morgan fingerprint density at radius 3 is 3.06 bits per heavy atom. The van der Waals surface area contributed by atoms with Crippen molar-refractivity contribution in [1.29, 1.82) is 0 Å². The Bertz CT molecular complexity index is 347. The van der Waals surface area contributed by atoms with Gasteiger partial charge in [0.05, 0.1) is 0 Å². The summed E-state index contributed by atoms with van der Waals surface area (Å²) in [4.78, 5) is 4.23. The van der Waals surface area contributed by atoms with Crippen molar-refractivity contribution in [2.45, 2.75) is 50.3 Å². The molecule has 0 amide bonds. The van der Waals surface area contributed by atoms with Crippen LogP contribution in [0.3, 0.4) is 0 Å². The molecule has 1 saturated heterocycles. The van der Waals surface area contributed by atoms with E-state index in [1.165, 1.54) is 30.6 Å². The lowest BCUT2D eigenvalue weighted by molar-refractivity contribution is 0.398. The Kier molecular flexibility index (Phi) is 5.07. The SMILES string of the molecule is CCCNC(Cc1cccnc1)C1(C)CCCS1. The second-order valence-corrected chi connectivity index (χ2v) is 6.97. The lowest BCUT2D eigenvalue weighted by Gasteiger charge is -2.34. The van der Waals surface area contributed by atoms with Crippen LogP contribution >= 0.6 is 11.8 Å². The maximum absolute atomic E-state index is 4.23. The molecule has 1 aromatic heterocycles. The highest BCUT2D eigenvalue weighted by Gasteiger charge is 2.37. The van der Waals surface area contributed by atoms with Gasteiger partial charge in [-0.3, -0.25) is 4.98 Å². The van der Waals surface area contributed by atoms with E-state index in [2.05, 4.69) is 42.0 Å². The Morgan fingerprint density at radius 1 is 1.56 bits per heavy atom. The average Bonchev–Trinajstić information content (AvgIpc) is 2.84. The molecule has 2 heterocycles. The van der Waals surface area contributed by atoms with Crippen molar-refractivity contribution in [2.75, 3.05) is 12.3 Å². The average molecular weight is 264 g/mol. The van der Waals surface area contributed by atoms with Gasteiger partial charge < -0.3 is 5.32 Å². The second kappa shape index (κ2) is 6.58. The molecule has 1 aliphatic rings. The molecule has 2 atom stereocenters. The van der Waals surface area contributed by atoms with Crippen LogP contribution < -0.4 is 5.32 Å². The first kappa shape index (κ1) is 13.9. The van der Waals surface area contributed by atoms with Gasteiger partial charge in [0.1, 0.15) is 0 Å². The van der Waals surface area contributed by atoms with Crippen LogP contribution in [-0.2, 0) is 6.42 Å². The minimum absolute atomic E-state index is 0.394. The van der Waals surface area contributed by atoms with Crippen LogP contribution in [0.25, 0.3) is 0 Å². The third-order valence-electron chi connectivity index (χ3n) is 3.79. The van der Waals surface area contributed by atoms with Crippen molar-refractivity contribution in [3.05, 3.63) is 30.1 Å². The Balaban J connectivity index is 2.05. The fourth-order valence-electron chi connectivity index (χ4n) is 2.65. The van der Waals surface area contributed by atoms with Crippen LogP contribution in [0.15, 0.2) is 24.5 Å². The second-order valence-electron chi connectivity index (χ2n) is 5.34. The summed E-state index contributed by atoms with van der Waals surface area (Å²) < 4.78 is 0.394. The minimum atomic E-state index is 0.394. The molecule has 18 heavy (non-hydrogen) atoms. The van der Waals surface area contributed by atoms with Crippen molar-refractivity contribution >= 4 is 11.8 Å². The Morgan fingerprint density at radius 2 is 2.44 bits per heavy atom. The molecule has 0 saturated carbocycles. The van der Waals surface area contributed by atoms with Gasteiger partial charge in [0.15, 0.2) is 0 Å². The van der Waals surface area contributed by atoms with Gasteiger partial charge in [0.25, 0.3) is 0 Å². The van der Waals surface area contributed by atoms with Gasteiger partial charge in [0, 0.05) is 23.2 Å². The monoisotopic (exact) mass is 264 g/mol. The number of nitrogens with one attached hydrogen (secondary N) is 1. The van der Waals surface area contributed by atoms with Crippen LogP contribution in [0, 0.1) is 0 Å². The molecule has 2 rings (SSSR count). The number of hydrogen-bond donors (Lipinski definition) is 1. The number of pyridine rings is 1. The molecule has 2 unspecified atom stereocenters. The number of thioether (sulfide) groups is 1. The topological polar surface area (TPSA) is 24.9 Å². The molecule has 0 bridgehead atoms. The lowest BCUT2D eigenvalue weighted by Crippen LogP contribution is -2.47. The summed E-state index contributed by atoms with van der Waals surface area (Å²) in [5.74, 6) is 1.31. The summed E-state index contributed by atoms with van der Waals surface area (Å²) in [7, 11) is 0. The van der Waals surface area contributed by atoms with Crippen LogP contribution in [-0.4, -0.2) is 28.1 Å². The first-order valence-electron chi connectivity index (χ1n) is 7.01. The third kappa shape index (κ3) is 3.48. The molecule has 1 aliphatic heterocycles. The largest absolute Gasteiger partial charge is 0.312 e. The normalized spacial score (nSPS) is 25.2. The molecule has 1 fully saturated rings. The molecule has 0 spiro atoms. The van der Waals surface area contributed by atoms with Gasteiger partial charge in [-0.15, -0.1) is 0 Å². The number of aromatic nitrogens is 1. The molecule has 0 radical (unpaired) electrons. The van der Waals surface area contributed by atoms with Crippen molar-refractivity contribution in [3.63, 3.8) is 0 Å². The van der Waals surface area contributed by atoms with E-state index >= 15 is 0 Å². The van der Waals surface area contributed by atoms with E-state index in [4.69, 9.17) is 0 Å². The van der Waals surface area contributed by atoms with Crippen molar-refractivity contribution < 1.29 is 0 Å². The summed E-state index contributed by atoms with van der Waals surface area (Å²) in [5, 5.41) is 3.75. The van der Waals surface area contributed by atoms with Gasteiger partial charge in [-0.05, 0) is 56.5 Å². The molecule has 0 aromatic carbocycles. The van der Waals surface area contributed by atoms with Crippen molar-refractivity contribution in [1.82, 2.24) is 10.3 Å². The van der Waals surface area contributed by atoms with E-state index in [0.29, 0.717) is 10.8 Å². The predicted molar refractivity (Wildman–Crippen MR) is 80.1 cm³/mol. The molecule has 3 heteroatoms. The van der Waals surface area contributed by atoms with Gasteiger partial charge in [-0.25, -0.2) is 0 Å². The van der Waals surface area contributed by atoms with E-state index in [9.17, 15) is 0 Å². The maximum Gasteiger partial charge on any atom is 0.0300 e. The molecule has 100 valence electrons. The summed E-state index contributed by atoms with van der Waals surface area (Å²) in [6.07, 6.45) is 8.84. The van der Waals surface area contributed by atoms with Gasteiger partial charge in [-0.1, -0.05) is 13.0 Å². The van der Waals surface area contributed by atoms with E-state index in [1.54, 1.807) is 0 Å². The zero-order chi connectivity index (χ0) is 12.8. The van der Waals surface area contributed by atoms with Crippen LogP contribution in [0.1, 0.15) is 38.7 Å². The zero-order valence-electron chi connectivity index (χ0n) is 11.5. The van der Waals surface area contributed by atoms with E-state index in [-0.39, 0.29) is 0 Å². The highest BCUT2D eigenvalue weighted by molar-refractivity contribution is 8.00. The third-order valence-corrected chi connectivity index (χ3v) is 5.43. The number of hydrogen-bond acceptors (Lipinski definition) is 3. The minimum Gasteiger partial charge on any atom is -0.312 e. The summed E-state index contributed by atoms with van der Waals surface area (Å²) >= 11 is 2.14. The molecule has 2 nitrogen and oxygen atoms in total. The predicted octanol–water partition coefficient (Wildman–Crippen LogP) is 3.28. The summed E-state index contributed by atoms with van der Waals surface area (Å²) in [5.41, 5.74) is 1.35. The molecular formula is C15H24N2S. The van der Waals surface area contributed by atoms with Crippen LogP contribution in [0.4, 0.5) is 0 Å². The fraction of sp³-hybridized carbons (Fsp3) is 0.667. The fourth-order valence-corrected chi connectivity index (χ4v) is 4.06. The molecule has 1 aromatic rings. The lowest BCUT2D eigenvalue weighted by atomic mass is 9.91. The molecular weight excluding hydrogens is 240 g/mol. The van der Waals surface area contributed by atoms with Gasteiger partial charge in [-0.2, -0.15) is 11.8 Å². The Hall–Kier alpha value is -0.540. The first-order valence-corrected chi connectivity index (χ1v) is 7.99. The molecule has 0 aliphatic carbocycles. The van der Waals surface area contributed by atoms with E-state index < -0.39 is 0 Å². The standard InChI is InChI=1S/C15H24N2S/c1-3-8-17-14(15(2)7-5-10-18-15)11-13-6-4-9-16-12-13/h4,6,9,12,14,17H,3,5,7-8,10-11H2,1-2H3. The Labute approximate surface area is 115 Å². The summed E-state index contributed by atoms with van der Waals surface area (Å²) in [6.45, 7) is 5.77. The first-order chi connectivity index (χ1) is 8.74. The summed E-state index contributed by atoms with van der Waals surface area (Å²) in [6, 6.07) is 4.79. The zero-order valence-corrected chi connectivity index (χ0v) is 12.3. The van der Waals surface area contributed by atoms with E-state index in [0.717, 1.165) is 13.0 Å². The number of rotatable bonds is 6. The quantitative estimate of drug-likeness (QED) is 0.853. The highest BCUT2D eigenvalue weighted by Crippen LogP contribution is 2.41. The van der Waals surface area contributed by atoms with Gasteiger partial charge in [0.2, 0.25) is 0 Å². The van der Waals surface area contributed by atoms with Crippen LogP contribution in [0.2, 0.25) is 0 Å².